The third kappa shape index (κ3) is 2.46. The Kier molecular flexibility index (Phi) is 3.32. The molecule has 0 radical (unpaired) electrons. The fraction of sp³-hybridized carbons (Fsp3) is 0.300. The number of carbonyl (C=O) groups is 1. The number of hydrogen-bond donors (Lipinski definition) is 1. The second-order valence-electron chi connectivity index (χ2n) is 2.79. The fourth-order valence-corrected chi connectivity index (χ4v) is 1.12. The molecule has 0 heterocycles. The van der Waals surface area contributed by atoms with Crippen molar-refractivity contribution in [3.05, 3.63) is 29.8 Å². The van der Waals surface area contributed by atoms with E-state index in [1.165, 1.54) is 12.1 Å². The number of phenols is 1. The predicted octanol–water partition coefficient (Wildman–Crippen LogP) is 2.59. The summed E-state index contributed by atoms with van der Waals surface area (Å²) in [5.41, 5.74) is 0.541. The van der Waals surface area contributed by atoms with Gasteiger partial charge in [-0.15, -0.1) is 11.6 Å². The van der Waals surface area contributed by atoms with Crippen LogP contribution in [0.25, 0.3) is 0 Å². The molecule has 0 bridgehead atoms. The van der Waals surface area contributed by atoms with Crippen LogP contribution in [-0.2, 0) is 0 Å². The van der Waals surface area contributed by atoms with E-state index in [1.807, 2.05) is 6.92 Å². The molecule has 1 rings (SSSR count). The van der Waals surface area contributed by atoms with Gasteiger partial charge in [-0.2, -0.15) is 0 Å². The summed E-state index contributed by atoms with van der Waals surface area (Å²) < 4.78 is 0. The molecule has 0 aliphatic carbocycles. The molecule has 0 saturated heterocycles. The lowest BCUT2D eigenvalue weighted by atomic mass is 10.1. The molecule has 1 unspecified atom stereocenters. The zero-order valence-electron chi connectivity index (χ0n) is 7.33. The van der Waals surface area contributed by atoms with Gasteiger partial charge in [0.15, 0.2) is 5.78 Å². The lowest BCUT2D eigenvalue weighted by molar-refractivity contribution is 0.0985. The van der Waals surface area contributed by atoms with Crippen LogP contribution in [0.1, 0.15) is 23.7 Å². The second-order valence-corrected chi connectivity index (χ2v) is 3.31. The third-order valence-corrected chi connectivity index (χ3v) is 2.30. The molecule has 3 heteroatoms. The van der Waals surface area contributed by atoms with Crippen molar-refractivity contribution in [1.82, 2.24) is 0 Å². The van der Waals surface area contributed by atoms with Crippen molar-refractivity contribution in [3.8, 4) is 5.75 Å². The first-order valence-corrected chi connectivity index (χ1v) is 4.56. The van der Waals surface area contributed by atoms with E-state index in [9.17, 15) is 4.79 Å². The quantitative estimate of drug-likeness (QED) is 0.599. The van der Waals surface area contributed by atoms with Crippen LogP contribution in [0.3, 0.4) is 0 Å². The van der Waals surface area contributed by atoms with Gasteiger partial charge >= 0.3 is 0 Å². The lowest BCUT2D eigenvalue weighted by Gasteiger charge is -2.04. The zero-order valence-corrected chi connectivity index (χ0v) is 8.08. The van der Waals surface area contributed by atoms with Crippen LogP contribution in [0.4, 0.5) is 0 Å². The normalized spacial score (nSPS) is 12.5. The Labute approximate surface area is 82.2 Å². The van der Waals surface area contributed by atoms with E-state index in [2.05, 4.69) is 0 Å². The summed E-state index contributed by atoms with van der Waals surface area (Å²) in [6, 6.07) is 6.10. The first kappa shape index (κ1) is 10.1. The van der Waals surface area contributed by atoms with Crippen molar-refractivity contribution < 1.29 is 9.90 Å². The standard InChI is InChI=1S/C10H11ClO2/c1-2-9(11)10(13)7-3-5-8(12)6-4-7/h3-6,9,12H,2H2,1H3. The first-order chi connectivity index (χ1) is 6.15. The fourth-order valence-electron chi connectivity index (χ4n) is 0.992. The maximum atomic E-state index is 11.5. The molecule has 1 atom stereocenters. The highest BCUT2D eigenvalue weighted by molar-refractivity contribution is 6.33. The third-order valence-electron chi connectivity index (χ3n) is 1.79. The van der Waals surface area contributed by atoms with Gasteiger partial charge in [0.05, 0.1) is 5.38 Å². The van der Waals surface area contributed by atoms with Crippen LogP contribution in [0.5, 0.6) is 5.75 Å². The molecule has 0 fully saturated rings. The number of phenolic OH excluding ortho intramolecular Hbond substituents is 1. The Morgan fingerprint density at radius 1 is 1.46 bits per heavy atom. The van der Waals surface area contributed by atoms with Crippen molar-refractivity contribution in [2.24, 2.45) is 0 Å². The SMILES string of the molecule is CCC(Cl)C(=O)c1ccc(O)cc1. The van der Waals surface area contributed by atoms with E-state index >= 15 is 0 Å². The molecule has 0 spiro atoms. The number of hydrogen-bond acceptors (Lipinski definition) is 2. The molecule has 0 aliphatic rings. The molecule has 1 N–H and O–H groups in total. The number of rotatable bonds is 3. The van der Waals surface area contributed by atoms with E-state index in [0.717, 1.165) is 0 Å². The van der Waals surface area contributed by atoms with Crippen LogP contribution in [0.2, 0.25) is 0 Å². The van der Waals surface area contributed by atoms with Crippen molar-refractivity contribution in [3.63, 3.8) is 0 Å². The molecular weight excluding hydrogens is 188 g/mol. The van der Waals surface area contributed by atoms with E-state index < -0.39 is 5.38 Å². The predicted molar refractivity (Wildman–Crippen MR) is 52.4 cm³/mol. The Balaban J connectivity index is 2.83. The van der Waals surface area contributed by atoms with Crippen LogP contribution in [-0.4, -0.2) is 16.3 Å². The topological polar surface area (TPSA) is 37.3 Å². The second kappa shape index (κ2) is 4.28. The van der Waals surface area contributed by atoms with Crippen LogP contribution < -0.4 is 0 Å². The van der Waals surface area contributed by atoms with Gasteiger partial charge in [0.25, 0.3) is 0 Å². The van der Waals surface area contributed by atoms with Gasteiger partial charge < -0.3 is 5.11 Å². The average Bonchev–Trinajstić information content (AvgIpc) is 2.17. The monoisotopic (exact) mass is 198 g/mol. The minimum atomic E-state index is -0.468. The summed E-state index contributed by atoms with van der Waals surface area (Å²) in [5.74, 6) is 0.0586. The zero-order chi connectivity index (χ0) is 9.84. The van der Waals surface area contributed by atoms with Gasteiger partial charge in [-0.05, 0) is 30.7 Å². The summed E-state index contributed by atoms with van der Waals surface area (Å²) in [6.45, 7) is 1.86. The highest BCUT2D eigenvalue weighted by Gasteiger charge is 2.14. The van der Waals surface area contributed by atoms with E-state index in [-0.39, 0.29) is 11.5 Å². The summed E-state index contributed by atoms with van der Waals surface area (Å²) in [4.78, 5) is 11.5. The van der Waals surface area contributed by atoms with Crippen LogP contribution >= 0.6 is 11.6 Å². The molecule has 0 amide bonds. The van der Waals surface area contributed by atoms with Crippen LogP contribution in [0.15, 0.2) is 24.3 Å². The van der Waals surface area contributed by atoms with Crippen LogP contribution in [0, 0.1) is 0 Å². The molecule has 2 nitrogen and oxygen atoms in total. The number of carbonyl (C=O) groups excluding carboxylic acids is 1. The molecule has 0 saturated carbocycles. The minimum absolute atomic E-state index is 0.0934. The molecule has 1 aromatic carbocycles. The van der Waals surface area contributed by atoms with Gasteiger partial charge in [0.1, 0.15) is 5.75 Å². The maximum absolute atomic E-state index is 11.5. The summed E-state index contributed by atoms with van der Waals surface area (Å²) in [7, 11) is 0. The molecule has 1 aromatic rings. The van der Waals surface area contributed by atoms with Gasteiger partial charge in [0, 0.05) is 5.56 Å². The van der Waals surface area contributed by atoms with E-state index in [0.29, 0.717) is 12.0 Å². The number of halogens is 1. The molecule has 70 valence electrons. The summed E-state index contributed by atoms with van der Waals surface area (Å²) in [5, 5.41) is 8.52. The van der Waals surface area contributed by atoms with E-state index in [4.69, 9.17) is 16.7 Å². The van der Waals surface area contributed by atoms with Gasteiger partial charge in [-0.25, -0.2) is 0 Å². The van der Waals surface area contributed by atoms with Gasteiger partial charge in [-0.3, -0.25) is 4.79 Å². The average molecular weight is 199 g/mol. The lowest BCUT2D eigenvalue weighted by Crippen LogP contribution is -2.13. The minimum Gasteiger partial charge on any atom is -0.508 e. The largest absolute Gasteiger partial charge is 0.508 e. The Morgan fingerprint density at radius 3 is 2.46 bits per heavy atom. The Hall–Kier alpha value is -1.02. The smallest absolute Gasteiger partial charge is 0.180 e. The number of alkyl halides is 1. The van der Waals surface area contributed by atoms with E-state index in [1.54, 1.807) is 12.1 Å². The molecule has 0 aliphatic heterocycles. The highest BCUT2D eigenvalue weighted by Crippen LogP contribution is 2.14. The summed E-state index contributed by atoms with van der Waals surface area (Å²) >= 11 is 5.78. The summed E-state index contributed by atoms with van der Waals surface area (Å²) in [6.07, 6.45) is 0.612. The van der Waals surface area contributed by atoms with Gasteiger partial charge in [-0.1, -0.05) is 6.92 Å². The number of aromatic hydroxyl groups is 1. The number of ketones is 1. The Bertz CT molecular complexity index is 292. The number of Topliss-reactive ketones (excluding diaryl/α,β-unsaturated/α-hetero) is 1. The Morgan fingerprint density at radius 2 is 2.00 bits per heavy atom. The van der Waals surface area contributed by atoms with Crippen molar-refractivity contribution >= 4 is 17.4 Å². The highest BCUT2D eigenvalue weighted by atomic mass is 35.5. The molecular formula is C10H11ClO2. The molecule has 13 heavy (non-hydrogen) atoms. The maximum Gasteiger partial charge on any atom is 0.180 e. The van der Waals surface area contributed by atoms with Crippen molar-refractivity contribution in [1.29, 1.82) is 0 Å². The molecule has 0 aromatic heterocycles. The first-order valence-electron chi connectivity index (χ1n) is 4.12. The van der Waals surface area contributed by atoms with Crippen molar-refractivity contribution in [2.45, 2.75) is 18.7 Å². The van der Waals surface area contributed by atoms with Crippen molar-refractivity contribution in [2.75, 3.05) is 0 Å². The number of benzene rings is 1. The van der Waals surface area contributed by atoms with Gasteiger partial charge in [0.2, 0.25) is 0 Å².